The molecule has 2 aliphatic heterocycles. The van der Waals surface area contributed by atoms with Crippen LogP contribution in [0.25, 0.3) is 0 Å². The van der Waals surface area contributed by atoms with Crippen LogP contribution < -0.4 is 5.32 Å². The van der Waals surface area contributed by atoms with Gasteiger partial charge in [0.15, 0.2) is 10.3 Å². The number of thiocarbonyl (C=S) groups is 1. The lowest BCUT2D eigenvalue weighted by Gasteiger charge is -2.35. The van der Waals surface area contributed by atoms with Gasteiger partial charge in [-0.1, -0.05) is 81.8 Å². The molecule has 2 heterocycles. The average molecular weight is 537 g/mol. The van der Waals surface area contributed by atoms with E-state index in [4.69, 9.17) is 28.8 Å². The maximum Gasteiger partial charge on any atom is 0.179 e. The van der Waals surface area contributed by atoms with Gasteiger partial charge in [-0.2, -0.15) is 0 Å². The van der Waals surface area contributed by atoms with E-state index >= 15 is 0 Å². The predicted molar refractivity (Wildman–Crippen MR) is 160 cm³/mol. The van der Waals surface area contributed by atoms with Crippen LogP contribution in [0, 0.1) is 0 Å². The Hall–Kier alpha value is -0.820. The highest BCUT2D eigenvalue weighted by Crippen LogP contribution is 2.32. The van der Waals surface area contributed by atoms with Crippen molar-refractivity contribution in [2.75, 3.05) is 25.0 Å². The minimum Gasteiger partial charge on any atom is -0.332 e. The lowest BCUT2D eigenvalue weighted by atomic mass is 9.98. The third kappa shape index (κ3) is 9.21. The highest BCUT2D eigenvalue weighted by Gasteiger charge is 2.35. The van der Waals surface area contributed by atoms with E-state index in [0.717, 1.165) is 29.9 Å². The molecule has 2 fully saturated rings. The van der Waals surface area contributed by atoms with Gasteiger partial charge >= 0.3 is 0 Å². The monoisotopic (exact) mass is 536 g/mol. The second-order valence-electron chi connectivity index (χ2n) is 10.1. The number of anilines is 1. The van der Waals surface area contributed by atoms with Gasteiger partial charge in [-0.05, 0) is 82.5 Å². The van der Waals surface area contributed by atoms with Crippen molar-refractivity contribution < 1.29 is 0 Å². The van der Waals surface area contributed by atoms with E-state index in [2.05, 4.69) is 35.9 Å². The minimum atomic E-state index is 0.308. The van der Waals surface area contributed by atoms with Gasteiger partial charge in [0.2, 0.25) is 0 Å². The number of unbranched alkanes of at least 4 members (excludes halogenated alkanes) is 4. The Morgan fingerprint density at radius 2 is 1.86 bits per heavy atom. The molecule has 3 atom stereocenters. The number of rotatable bonds is 12. The van der Waals surface area contributed by atoms with Crippen LogP contribution in [0.15, 0.2) is 29.3 Å². The van der Waals surface area contributed by atoms with Crippen LogP contribution in [-0.4, -0.2) is 57.0 Å². The summed E-state index contributed by atoms with van der Waals surface area (Å²) in [6.45, 7) is 10.2. The standard InChI is InChI=1S/C28H45ClN4S2/c1-4-5-6-7-9-16-26(32-19-10-8-11-20-32)17-13-18-30-28-33(22(2)23(3)35-28)27(34)31-25-15-12-14-24(29)21-25/h12,14-15,21-23,26H,4-11,13,16-20H2,1-3H3,(H,31,34)/b30-28+. The first kappa shape index (κ1) is 28.7. The van der Waals surface area contributed by atoms with E-state index in [0.29, 0.717) is 21.4 Å². The van der Waals surface area contributed by atoms with Crippen LogP contribution in [-0.2, 0) is 0 Å². The largest absolute Gasteiger partial charge is 0.332 e. The zero-order valence-electron chi connectivity index (χ0n) is 22.0. The molecule has 0 aromatic heterocycles. The van der Waals surface area contributed by atoms with Crippen molar-refractivity contribution in [3.05, 3.63) is 29.3 Å². The summed E-state index contributed by atoms with van der Waals surface area (Å²) in [6, 6.07) is 8.76. The van der Waals surface area contributed by atoms with Gasteiger partial charge in [-0.15, -0.1) is 0 Å². The molecule has 1 aromatic carbocycles. The lowest BCUT2D eigenvalue weighted by molar-refractivity contribution is 0.143. The number of benzene rings is 1. The summed E-state index contributed by atoms with van der Waals surface area (Å²) < 4.78 is 0. The zero-order valence-corrected chi connectivity index (χ0v) is 24.4. The highest BCUT2D eigenvalue weighted by molar-refractivity contribution is 8.14. The van der Waals surface area contributed by atoms with E-state index in [-0.39, 0.29) is 0 Å². The molecule has 1 N–H and O–H groups in total. The normalized spacial score (nSPS) is 23.1. The smallest absolute Gasteiger partial charge is 0.179 e. The number of hydrogen-bond acceptors (Lipinski definition) is 4. The summed E-state index contributed by atoms with van der Waals surface area (Å²) in [7, 11) is 0. The molecule has 0 aliphatic carbocycles. The third-order valence-electron chi connectivity index (χ3n) is 7.37. The van der Waals surface area contributed by atoms with Crippen molar-refractivity contribution in [1.82, 2.24) is 9.80 Å². The quantitative estimate of drug-likeness (QED) is 0.215. The Morgan fingerprint density at radius 3 is 2.60 bits per heavy atom. The fraction of sp³-hybridized carbons (Fsp3) is 0.714. The molecule has 1 aromatic rings. The highest BCUT2D eigenvalue weighted by atomic mass is 35.5. The molecule has 3 unspecified atom stereocenters. The number of nitrogens with zero attached hydrogens (tertiary/aromatic N) is 3. The molecule has 3 rings (SSSR count). The molecule has 0 radical (unpaired) electrons. The Kier molecular flexibility index (Phi) is 12.7. The van der Waals surface area contributed by atoms with Crippen LogP contribution in [0.4, 0.5) is 5.69 Å². The Balaban J connectivity index is 1.54. The number of halogens is 1. The average Bonchev–Trinajstić information content (AvgIpc) is 3.14. The number of amidine groups is 1. The Morgan fingerprint density at radius 1 is 1.11 bits per heavy atom. The van der Waals surface area contributed by atoms with Crippen molar-refractivity contribution >= 4 is 51.5 Å². The fourth-order valence-corrected chi connectivity index (χ4v) is 6.93. The maximum absolute atomic E-state index is 6.16. The molecular weight excluding hydrogens is 492 g/mol. The van der Waals surface area contributed by atoms with Crippen LogP contribution in [0.1, 0.15) is 91.4 Å². The van der Waals surface area contributed by atoms with Crippen LogP contribution in [0.5, 0.6) is 0 Å². The first-order valence-electron chi connectivity index (χ1n) is 13.8. The number of thioether (sulfide) groups is 1. The van der Waals surface area contributed by atoms with Gasteiger partial charge < -0.3 is 10.2 Å². The van der Waals surface area contributed by atoms with E-state index < -0.39 is 0 Å². The molecule has 0 spiro atoms. The number of hydrogen-bond donors (Lipinski definition) is 1. The summed E-state index contributed by atoms with van der Waals surface area (Å²) >= 11 is 13.8. The van der Waals surface area contributed by atoms with Gasteiger partial charge in [0.05, 0.1) is 0 Å². The fourth-order valence-electron chi connectivity index (χ4n) is 5.12. The first-order chi connectivity index (χ1) is 17.0. The molecule has 4 nitrogen and oxygen atoms in total. The summed E-state index contributed by atoms with van der Waals surface area (Å²) in [4.78, 5) is 10.0. The summed E-state index contributed by atoms with van der Waals surface area (Å²) in [5, 5.41) is 6.29. The maximum atomic E-state index is 6.16. The van der Waals surface area contributed by atoms with Gasteiger partial charge in [0.1, 0.15) is 0 Å². The van der Waals surface area contributed by atoms with E-state index in [1.807, 2.05) is 36.0 Å². The Bertz CT molecular complexity index is 812. The predicted octanol–water partition coefficient (Wildman–Crippen LogP) is 8.21. The summed E-state index contributed by atoms with van der Waals surface area (Å²) in [5.74, 6) is 0. The molecule has 35 heavy (non-hydrogen) atoms. The number of aliphatic imine (C=N–C) groups is 1. The van der Waals surface area contributed by atoms with Crippen molar-refractivity contribution in [3.8, 4) is 0 Å². The van der Waals surface area contributed by atoms with Crippen molar-refractivity contribution in [2.45, 2.75) is 109 Å². The first-order valence-corrected chi connectivity index (χ1v) is 15.5. The molecule has 0 amide bonds. The molecule has 7 heteroatoms. The van der Waals surface area contributed by atoms with Gasteiger partial charge in [0, 0.05) is 34.6 Å². The van der Waals surface area contributed by atoms with E-state index in [1.165, 1.54) is 77.3 Å². The van der Waals surface area contributed by atoms with Crippen molar-refractivity contribution in [3.63, 3.8) is 0 Å². The Labute approximate surface area is 228 Å². The molecular formula is C28H45ClN4S2. The summed E-state index contributed by atoms with van der Waals surface area (Å²) in [6.07, 6.45) is 14.7. The molecule has 0 bridgehead atoms. The number of likely N-dealkylation sites (tertiary alicyclic amines) is 1. The molecule has 2 aliphatic rings. The van der Waals surface area contributed by atoms with Crippen LogP contribution >= 0.6 is 35.6 Å². The second-order valence-corrected chi connectivity index (χ2v) is 12.3. The van der Waals surface area contributed by atoms with E-state index in [1.54, 1.807) is 0 Å². The van der Waals surface area contributed by atoms with Crippen molar-refractivity contribution in [2.24, 2.45) is 4.99 Å². The third-order valence-corrected chi connectivity index (χ3v) is 9.21. The second kappa shape index (κ2) is 15.4. The van der Waals surface area contributed by atoms with Crippen LogP contribution in [0.3, 0.4) is 0 Å². The topological polar surface area (TPSA) is 30.9 Å². The SMILES string of the molecule is CCCCCCCC(CCC/N=C1/SC(C)C(C)N1C(=S)Nc1cccc(Cl)c1)N1CCCCC1. The molecule has 2 saturated heterocycles. The lowest BCUT2D eigenvalue weighted by Crippen LogP contribution is -2.42. The van der Waals surface area contributed by atoms with Crippen molar-refractivity contribution in [1.29, 1.82) is 0 Å². The summed E-state index contributed by atoms with van der Waals surface area (Å²) in [5.41, 5.74) is 0.918. The van der Waals surface area contributed by atoms with Crippen LogP contribution in [0.2, 0.25) is 5.02 Å². The zero-order chi connectivity index (χ0) is 25.0. The number of piperidine rings is 1. The van der Waals surface area contributed by atoms with Gasteiger partial charge in [-0.3, -0.25) is 9.89 Å². The minimum absolute atomic E-state index is 0.308. The van der Waals surface area contributed by atoms with E-state index in [9.17, 15) is 0 Å². The molecule has 196 valence electrons. The molecule has 0 saturated carbocycles. The number of nitrogens with one attached hydrogen (secondary N) is 1. The van der Waals surface area contributed by atoms with Gasteiger partial charge in [0.25, 0.3) is 0 Å². The van der Waals surface area contributed by atoms with Gasteiger partial charge in [-0.25, -0.2) is 0 Å².